The smallest absolute Gasteiger partial charge is 0.203 e. The molecule has 0 radical (unpaired) electrons. The molecule has 0 bridgehead atoms. The Morgan fingerprint density at radius 1 is 0.864 bits per heavy atom. The maximum atomic E-state index is 5.75. The minimum Gasteiger partial charge on any atom is -0.374 e. The molecular weight excluding hydrogens is 274 g/mol. The van der Waals surface area contributed by atoms with Crippen molar-refractivity contribution in [2.24, 2.45) is 11.1 Å². The summed E-state index contributed by atoms with van der Waals surface area (Å²) in [5.74, 6) is 0.208. The second kappa shape index (κ2) is 5.23. The summed E-state index contributed by atoms with van der Waals surface area (Å²) in [6.45, 7) is 0. The first kappa shape index (κ1) is 13.5. The van der Waals surface area contributed by atoms with E-state index in [1.54, 1.807) is 0 Å². The predicted octanol–water partition coefficient (Wildman–Crippen LogP) is 2.90. The molecule has 0 saturated carbocycles. The van der Waals surface area contributed by atoms with E-state index in [0.29, 0.717) is 0 Å². The van der Waals surface area contributed by atoms with Gasteiger partial charge in [-0.2, -0.15) is 0 Å². The first-order valence-corrected chi connectivity index (χ1v) is 7.57. The number of oxime groups is 1. The molecule has 4 heteroatoms. The van der Waals surface area contributed by atoms with Crippen LogP contribution in [0, 0.1) is 5.92 Å². The summed E-state index contributed by atoms with van der Waals surface area (Å²) in [6.07, 6.45) is -0.0367. The molecule has 3 atom stereocenters. The number of hydrogen-bond donors (Lipinski definition) is 0. The summed E-state index contributed by atoms with van der Waals surface area (Å²) in [4.78, 5) is 5.75. The summed E-state index contributed by atoms with van der Waals surface area (Å²) < 4.78 is 0. The van der Waals surface area contributed by atoms with Crippen molar-refractivity contribution in [3.8, 4) is 0 Å². The number of rotatable bonds is 2. The van der Waals surface area contributed by atoms with Crippen LogP contribution in [0.15, 0.2) is 65.8 Å². The van der Waals surface area contributed by atoms with Crippen molar-refractivity contribution in [1.82, 2.24) is 10.0 Å². The fraction of sp³-hybridized carbons (Fsp3) is 0.278. The highest BCUT2D eigenvalue weighted by molar-refractivity contribution is 6.03. The molecule has 22 heavy (non-hydrogen) atoms. The van der Waals surface area contributed by atoms with Gasteiger partial charge in [-0.15, -0.1) is 0 Å². The molecule has 112 valence electrons. The van der Waals surface area contributed by atoms with Crippen molar-refractivity contribution in [3.05, 3.63) is 71.8 Å². The predicted molar refractivity (Wildman–Crippen MR) is 86.1 cm³/mol. The summed E-state index contributed by atoms with van der Waals surface area (Å²) in [7, 11) is 4.17. The third-order valence-corrected chi connectivity index (χ3v) is 4.70. The van der Waals surface area contributed by atoms with Crippen molar-refractivity contribution < 1.29 is 4.84 Å². The van der Waals surface area contributed by atoms with Crippen LogP contribution in [0.4, 0.5) is 0 Å². The van der Waals surface area contributed by atoms with Gasteiger partial charge in [0.15, 0.2) is 0 Å². The third kappa shape index (κ3) is 1.95. The Bertz CT molecular complexity index is 686. The molecule has 2 aliphatic heterocycles. The molecule has 0 aromatic heterocycles. The average Bonchev–Trinajstić information content (AvgIpc) is 3.10. The van der Waals surface area contributed by atoms with Crippen molar-refractivity contribution in [2.75, 3.05) is 14.1 Å². The quantitative estimate of drug-likeness (QED) is 0.852. The van der Waals surface area contributed by atoms with E-state index in [1.807, 2.05) is 18.2 Å². The van der Waals surface area contributed by atoms with E-state index >= 15 is 0 Å². The Balaban J connectivity index is 1.77. The second-order valence-corrected chi connectivity index (χ2v) is 5.87. The van der Waals surface area contributed by atoms with Crippen LogP contribution in [-0.4, -0.2) is 36.1 Å². The maximum absolute atomic E-state index is 5.75. The summed E-state index contributed by atoms with van der Waals surface area (Å²) in [5, 5.41) is 8.79. The molecule has 2 heterocycles. The Labute approximate surface area is 130 Å². The molecule has 1 saturated heterocycles. The Morgan fingerprint density at radius 3 is 2.18 bits per heavy atom. The fourth-order valence-corrected chi connectivity index (χ4v) is 3.51. The Hall–Kier alpha value is -2.17. The van der Waals surface area contributed by atoms with Gasteiger partial charge in [-0.05, 0) is 11.1 Å². The van der Waals surface area contributed by atoms with Gasteiger partial charge in [0.05, 0.1) is 17.7 Å². The molecule has 2 aromatic rings. The molecule has 0 spiro atoms. The zero-order valence-electron chi connectivity index (χ0n) is 12.8. The molecule has 1 fully saturated rings. The van der Waals surface area contributed by atoms with Crippen LogP contribution >= 0.6 is 0 Å². The van der Waals surface area contributed by atoms with Crippen LogP contribution in [0.3, 0.4) is 0 Å². The van der Waals surface area contributed by atoms with Crippen LogP contribution in [0.25, 0.3) is 0 Å². The van der Waals surface area contributed by atoms with Crippen LogP contribution in [0.2, 0.25) is 0 Å². The summed E-state index contributed by atoms with van der Waals surface area (Å²) in [5.41, 5.74) is 3.47. The first-order valence-electron chi connectivity index (χ1n) is 7.57. The van der Waals surface area contributed by atoms with Crippen molar-refractivity contribution in [1.29, 1.82) is 0 Å². The Kier molecular flexibility index (Phi) is 3.21. The number of hydrazine groups is 1. The standard InChI is InChI=1S/C18H19N3O/c1-20-17(14-11-7-4-8-12-14)15-16(13-9-5-3-6-10-13)19-22-18(15)21(20)2/h3-12,15,17-18H,1-2H3/t15-,17+,18-/m1/s1. The van der Waals surface area contributed by atoms with Gasteiger partial charge in [-0.1, -0.05) is 65.8 Å². The van der Waals surface area contributed by atoms with Gasteiger partial charge < -0.3 is 4.84 Å². The Morgan fingerprint density at radius 2 is 1.50 bits per heavy atom. The van der Waals surface area contributed by atoms with E-state index < -0.39 is 0 Å². The van der Waals surface area contributed by atoms with Gasteiger partial charge in [-0.25, -0.2) is 10.0 Å². The third-order valence-electron chi connectivity index (χ3n) is 4.70. The lowest BCUT2D eigenvalue weighted by Crippen LogP contribution is -2.36. The lowest BCUT2D eigenvalue weighted by molar-refractivity contribution is -0.0902. The monoisotopic (exact) mass is 293 g/mol. The lowest BCUT2D eigenvalue weighted by atomic mass is 9.86. The molecule has 2 aromatic carbocycles. The highest BCUT2D eigenvalue weighted by Gasteiger charge is 2.52. The fourth-order valence-electron chi connectivity index (χ4n) is 3.51. The van der Waals surface area contributed by atoms with Crippen molar-refractivity contribution >= 4 is 5.71 Å². The molecule has 0 amide bonds. The molecule has 2 aliphatic rings. The van der Waals surface area contributed by atoms with Gasteiger partial charge >= 0.3 is 0 Å². The minimum absolute atomic E-state index is 0.0367. The lowest BCUT2D eigenvalue weighted by Gasteiger charge is -2.27. The topological polar surface area (TPSA) is 28.1 Å². The van der Waals surface area contributed by atoms with Crippen LogP contribution < -0.4 is 0 Å². The van der Waals surface area contributed by atoms with E-state index in [0.717, 1.165) is 11.3 Å². The van der Waals surface area contributed by atoms with Gasteiger partial charge in [0.1, 0.15) is 0 Å². The number of benzene rings is 2. The summed E-state index contributed by atoms with van der Waals surface area (Å²) in [6, 6.07) is 21.1. The molecule has 0 unspecified atom stereocenters. The van der Waals surface area contributed by atoms with E-state index in [-0.39, 0.29) is 18.2 Å². The minimum atomic E-state index is -0.0367. The van der Waals surface area contributed by atoms with Gasteiger partial charge in [0.2, 0.25) is 6.23 Å². The van der Waals surface area contributed by atoms with Gasteiger partial charge in [0.25, 0.3) is 0 Å². The van der Waals surface area contributed by atoms with Crippen LogP contribution in [0.1, 0.15) is 17.2 Å². The SMILES string of the molecule is CN1[C@@H]2ON=C(c3ccccc3)[C@@H]2[C@H](c2ccccc2)N1C. The molecular formula is C18H19N3O. The number of fused-ring (bicyclic) bond motifs is 1. The van der Waals surface area contributed by atoms with E-state index in [1.165, 1.54) is 5.56 Å². The van der Waals surface area contributed by atoms with Crippen LogP contribution in [0.5, 0.6) is 0 Å². The molecule has 0 N–H and O–H groups in total. The summed E-state index contributed by atoms with van der Waals surface area (Å²) >= 11 is 0. The maximum Gasteiger partial charge on any atom is 0.203 e. The van der Waals surface area contributed by atoms with Crippen molar-refractivity contribution in [2.45, 2.75) is 12.3 Å². The first-order chi connectivity index (χ1) is 10.8. The van der Waals surface area contributed by atoms with E-state index in [4.69, 9.17) is 4.84 Å². The normalized spacial score (nSPS) is 28.3. The highest BCUT2D eigenvalue weighted by Crippen LogP contribution is 2.44. The zero-order valence-corrected chi connectivity index (χ0v) is 12.8. The zero-order chi connectivity index (χ0) is 15.1. The molecule has 4 rings (SSSR count). The highest BCUT2D eigenvalue weighted by atomic mass is 16.7. The van der Waals surface area contributed by atoms with Crippen LogP contribution in [-0.2, 0) is 4.84 Å². The van der Waals surface area contributed by atoms with Crippen molar-refractivity contribution in [3.63, 3.8) is 0 Å². The average molecular weight is 293 g/mol. The van der Waals surface area contributed by atoms with E-state index in [2.05, 4.69) is 71.7 Å². The number of nitrogens with zero attached hydrogens (tertiary/aromatic N) is 3. The van der Waals surface area contributed by atoms with Gasteiger partial charge in [-0.3, -0.25) is 0 Å². The van der Waals surface area contributed by atoms with Gasteiger partial charge in [0, 0.05) is 14.1 Å². The van der Waals surface area contributed by atoms with E-state index in [9.17, 15) is 0 Å². The second-order valence-electron chi connectivity index (χ2n) is 5.87. The molecule has 0 aliphatic carbocycles. The number of hydrogen-bond acceptors (Lipinski definition) is 4. The molecule has 4 nitrogen and oxygen atoms in total. The largest absolute Gasteiger partial charge is 0.374 e.